The monoisotopic (exact) mass is 362 g/mol. The highest BCUT2D eigenvalue weighted by molar-refractivity contribution is 5.55. The summed E-state index contributed by atoms with van der Waals surface area (Å²) in [4.78, 5) is 11.6. The molecule has 0 bridgehead atoms. The van der Waals surface area contributed by atoms with E-state index < -0.39 is 0 Å². The lowest BCUT2D eigenvalue weighted by molar-refractivity contribution is 0.175. The van der Waals surface area contributed by atoms with Gasteiger partial charge in [-0.1, -0.05) is 23.8 Å². The van der Waals surface area contributed by atoms with Crippen LogP contribution in [-0.2, 0) is 20.0 Å². The SMILES string of the molecule is Cc1cccc(-c2ncc(CN3CCC(Cc4nncn4C)CC3)cn2)c1. The molecule has 140 valence electrons. The molecule has 1 fully saturated rings. The zero-order valence-corrected chi connectivity index (χ0v) is 16.0. The van der Waals surface area contributed by atoms with Gasteiger partial charge >= 0.3 is 0 Å². The van der Waals surface area contributed by atoms with Crippen molar-refractivity contribution in [3.05, 3.63) is 59.9 Å². The van der Waals surface area contributed by atoms with E-state index in [2.05, 4.69) is 50.2 Å². The summed E-state index contributed by atoms with van der Waals surface area (Å²) in [5.41, 5.74) is 3.48. The van der Waals surface area contributed by atoms with Crippen LogP contribution in [0.2, 0.25) is 0 Å². The molecule has 1 aliphatic heterocycles. The van der Waals surface area contributed by atoms with Gasteiger partial charge in [0.15, 0.2) is 5.82 Å². The van der Waals surface area contributed by atoms with Gasteiger partial charge in [0.05, 0.1) is 0 Å². The zero-order chi connectivity index (χ0) is 18.6. The molecule has 0 spiro atoms. The predicted molar refractivity (Wildman–Crippen MR) is 105 cm³/mol. The molecule has 0 radical (unpaired) electrons. The van der Waals surface area contributed by atoms with Gasteiger partial charge < -0.3 is 4.57 Å². The molecule has 0 amide bonds. The highest BCUT2D eigenvalue weighted by atomic mass is 15.2. The van der Waals surface area contributed by atoms with Crippen LogP contribution < -0.4 is 0 Å². The number of likely N-dealkylation sites (tertiary alicyclic amines) is 1. The van der Waals surface area contributed by atoms with E-state index in [1.807, 2.05) is 30.1 Å². The van der Waals surface area contributed by atoms with Crippen molar-refractivity contribution in [1.29, 1.82) is 0 Å². The van der Waals surface area contributed by atoms with E-state index in [1.54, 1.807) is 6.33 Å². The van der Waals surface area contributed by atoms with Gasteiger partial charge in [-0.05, 0) is 44.8 Å². The minimum absolute atomic E-state index is 0.698. The molecule has 2 aromatic heterocycles. The Morgan fingerprint density at radius 3 is 2.56 bits per heavy atom. The molecule has 0 atom stereocenters. The Morgan fingerprint density at radius 2 is 1.89 bits per heavy atom. The van der Waals surface area contributed by atoms with Crippen molar-refractivity contribution in [2.45, 2.75) is 32.7 Å². The van der Waals surface area contributed by atoms with Crippen LogP contribution in [0.15, 0.2) is 43.0 Å². The molecule has 3 heterocycles. The van der Waals surface area contributed by atoms with Crippen molar-refractivity contribution >= 4 is 0 Å². The number of hydrogen-bond donors (Lipinski definition) is 0. The molecular formula is C21H26N6. The topological polar surface area (TPSA) is 59.7 Å². The van der Waals surface area contributed by atoms with Crippen molar-refractivity contribution < 1.29 is 0 Å². The summed E-state index contributed by atoms with van der Waals surface area (Å²) in [6.45, 7) is 5.24. The average Bonchev–Trinajstić information content (AvgIpc) is 3.09. The second-order valence-corrected chi connectivity index (χ2v) is 7.57. The van der Waals surface area contributed by atoms with E-state index in [-0.39, 0.29) is 0 Å². The average molecular weight is 362 g/mol. The Balaban J connectivity index is 1.31. The summed E-state index contributed by atoms with van der Waals surface area (Å²) in [7, 11) is 2.02. The second-order valence-electron chi connectivity index (χ2n) is 7.57. The number of aryl methyl sites for hydroxylation is 2. The third-order valence-electron chi connectivity index (χ3n) is 5.37. The van der Waals surface area contributed by atoms with Crippen molar-refractivity contribution in [3.8, 4) is 11.4 Å². The molecule has 1 aromatic carbocycles. The van der Waals surface area contributed by atoms with E-state index in [0.717, 1.165) is 43.3 Å². The van der Waals surface area contributed by atoms with Crippen LogP contribution in [0.25, 0.3) is 11.4 Å². The fourth-order valence-corrected chi connectivity index (χ4v) is 3.73. The molecule has 27 heavy (non-hydrogen) atoms. The Morgan fingerprint density at radius 1 is 1.11 bits per heavy atom. The Kier molecular flexibility index (Phi) is 5.25. The number of benzene rings is 1. The van der Waals surface area contributed by atoms with Gasteiger partial charge in [0.2, 0.25) is 0 Å². The van der Waals surface area contributed by atoms with E-state index >= 15 is 0 Å². The number of nitrogens with zero attached hydrogens (tertiary/aromatic N) is 6. The number of rotatable bonds is 5. The first kappa shape index (κ1) is 17.8. The summed E-state index contributed by atoms with van der Waals surface area (Å²) < 4.78 is 2.03. The first-order chi connectivity index (χ1) is 13.2. The molecule has 0 saturated carbocycles. The largest absolute Gasteiger partial charge is 0.321 e. The van der Waals surface area contributed by atoms with Crippen LogP contribution in [-0.4, -0.2) is 42.7 Å². The molecular weight excluding hydrogens is 336 g/mol. The van der Waals surface area contributed by atoms with Crippen molar-refractivity contribution in [1.82, 2.24) is 29.6 Å². The maximum atomic E-state index is 4.57. The van der Waals surface area contributed by atoms with Gasteiger partial charge in [-0.2, -0.15) is 0 Å². The number of hydrogen-bond acceptors (Lipinski definition) is 5. The lowest BCUT2D eigenvalue weighted by Crippen LogP contribution is -2.34. The van der Waals surface area contributed by atoms with E-state index in [9.17, 15) is 0 Å². The van der Waals surface area contributed by atoms with Gasteiger partial charge in [0.1, 0.15) is 12.2 Å². The van der Waals surface area contributed by atoms with E-state index in [1.165, 1.54) is 24.0 Å². The van der Waals surface area contributed by atoms with Crippen molar-refractivity contribution in [2.75, 3.05) is 13.1 Å². The normalized spacial score (nSPS) is 15.9. The highest BCUT2D eigenvalue weighted by Crippen LogP contribution is 2.22. The smallest absolute Gasteiger partial charge is 0.159 e. The molecule has 0 unspecified atom stereocenters. The quantitative estimate of drug-likeness (QED) is 0.698. The Labute approximate surface area is 160 Å². The Hall–Kier alpha value is -2.60. The van der Waals surface area contributed by atoms with Crippen LogP contribution >= 0.6 is 0 Å². The zero-order valence-electron chi connectivity index (χ0n) is 16.0. The van der Waals surface area contributed by atoms with Crippen LogP contribution in [0.1, 0.15) is 29.8 Å². The third-order valence-corrected chi connectivity index (χ3v) is 5.37. The van der Waals surface area contributed by atoms with E-state index in [0.29, 0.717) is 5.92 Å². The minimum atomic E-state index is 0.698. The lowest BCUT2D eigenvalue weighted by atomic mass is 9.93. The molecule has 1 saturated heterocycles. The molecule has 1 aliphatic rings. The van der Waals surface area contributed by atoms with Gasteiger partial charge in [-0.25, -0.2) is 9.97 Å². The summed E-state index contributed by atoms with van der Waals surface area (Å²) in [6.07, 6.45) is 9.15. The van der Waals surface area contributed by atoms with Crippen molar-refractivity contribution in [2.24, 2.45) is 13.0 Å². The fraction of sp³-hybridized carbons (Fsp3) is 0.429. The van der Waals surface area contributed by atoms with Crippen molar-refractivity contribution in [3.63, 3.8) is 0 Å². The maximum absolute atomic E-state index is 4.57. The highest BCUT2D eigenvalue weighted by Gasteiger charge is 2.21. The summed E-state index contributed by atoms with van der Waals surface area (Å²) in [6, 6.07) is 8.32. The lowest BCUT2D eigenvalue weighted by Gasteiger charge is -2.31. The molecule has 4 rings (SSSR count). The Bertz CT molecular complexity index is 878. The third kappa shape index (κ3) is 4.39. The van der Waals surface area contributed by atoms with Crippen LogP contribution in [0.3, 0.4) is 0 Å². The predicted octanol–water partition coefficient (Wildman–Crippen LogP) is 3.04. The molecule has 6 heteroatoms. The fourth-order valence-electron chi connectivity index (χ4n) is 3.73. The van der Waals surface area contributed by atoms with E-state index in [4.69, 9.17) is 0 Å². The second kappa shape index (κ2) is 7.96. The summed E-state index contributed by atoms with van der Waals surface area (Å²) >= 11 is 0. The summed E-state index contributed by atoms with van der Waals surface area (Å²) in [5, 5.41) is 8.20. The summed E-state index contributed by atoms with van der Waals surface area (Å²) in [5.74, 6) is 2.59. The van der Waals surface area contributed by atoms with Gasteiger partial charge in [-0.15, -0.1) is 10.2 Å². The van der Waals surface area contributed by atoms with Crippen LogP contribution in [0, 0.1) is 12.8 Å². The minimum Gasteiger partial charge on any atom is -0.321 e. The van der Waals surface area contributed by atoms with Gasteiger partial charge in [0, 0.05) is 43.5 Å². The van der Waals surface area contributed by atoms with Crippen LogP contribution in [0.5, 0.6) is 0 Å². The number of piperidine rings is 1. The van der Waals surface area contributed by atoms with Crippen LogP contribution in [0.4, 0.5) is 0 Å². The van der Waals surface area contributed by atoms with Gasteiger partial charge in [0.25, 0.3) is 0 Å². The maximum Gasteiger partial charge on any atom is 0.159 e. The first-order valence-corrected chi connectivity index (χ1v) is 9.60. The molecule has 6 nitrogen and oxygen atoms in total. The standard InChI is InChI=1S/C21H26N6/c1-16-4-3-5-19(10-16)21-22-12-18(13-23-21)14-27-8-6-17(7-9-27)11-20-25-24-15-26(20)2/h3-5,10,12-13,15,17H,6-9,11,14H2,1-2H3. The molecule has 3 aromatic rings. The molecule has 0 aliphatic carbocycles. The number of aromatic nitrogens is 5. The molecule has 0 N–H and O–H groups in total. The first-order valence-electron chi connectivity index (χ1n) is 9.60. The van der Waals surface area contributed by atoms with Gasteiger partial charge in [-0.3, -0.25) is 4.90 Å².